The van der Waals surface area contributed by atoms with Crippen molar-refractivity contribution < 1.29 is 28.3 Å². The standard InChI is InChI=1S/C21H18N2O6/c1-27-16-9-5-8-14-10-17(29-19(14)16)20(25)22-15(13-6-3-2-4-7-13)11-23-18(24)12-28-21(23)26/h2-10,15H,11-12H2,1H3,(H,22,25). The highest BCUT2D eigenvalue weighted by molar-refractivity contribution is 5.99. The van der Waals surface area contributed by atoms with Crippen LogP contribution in [0.4, 0.5) is 4.79 Å². The molecule has 1 aromatic heterocycles. The molecule has 1 unspecified atom stereocenters. The van der Waals surface area contributed by atoms with Gasteiger partial charge in [0.15, 0.2) is 23.7 Å². The molecule has 3 aromatic rings. The molecule has 1 N–H and O–H groups in total. The first-order valence-electron chi connectivity index (χ1n) is 8.96. The van der Waals surface area contributed by atoms with Gasteiger partial charge in [-0.2, -0.15) is 0 Å². The normalized spacial score (nSPS) is 14.7. The summed E-state index contributed by atoms with van der Waals surface area (Å²) in [6.07, 6.45) is -0.723. The number of nitrogens with zero attached hydrogens (tertiary/aromatic N) is 1. The number of imide groups is 1. The molecule has 3 amide bonds. The fourth-order valence-electron chi connectivity index (χ4n) is 3.20. The Morgan fingerprint density at radius 1 is 1.17 bits per heavy atom. The van der Waals surface area contributed by atoms with E-state index in [0.29, 0.717) is 11.3 Å². The van der Waals surface area contributed by atoms with Crippen molar-refractivity contribution in [3.05, 3.63) is 65.9 Å². The second kappa shape index (κ2) is 7.67. The number of rotatable bonds is 6. The van der Waals surface area contributed by atoms with Crippen LogP contribution in [0.15, 0.2) is 59.0 Å². The molecule has 8 heteroatoms. The van der Waals surface area contributed by atoms with Crippen LogP contribution in [0.5, 0.6) is 5.75 Å². The largest absolute Gasteiger partial charge is 0.493 e. The van der Waals surface area contributed by atoms with E-state index in [2.05, 4.69) is 5.32 Å². The number of cyclic esters (lactones) is 1. The molecule has 2 heterocycles. The van der Waals surface area contributed by atoms with E-state index in [1.54, 1.807) is 30.3 Å². The minimum atomic E-state index is -0.723. The van der Waals surface area contributed by atoms with Gasteiger partial charge in [0.1, 0.15) is 0 Å². The minimum Gasteiger partial charge on any atom is -0.493 e. The molecule has 1 aliphatic rings. The predicted octanol–water partition coefficient (Wildman–Crippen LogP) is 2.89. The molecule has 8 nitrogen and oxygen atoms in total. The van der Waals surface area contributed by atoms with Crippen molar-refractivity contribution >= 4 is 28.9 Å². The van der Waals surface area contributed by atoms with E-state index in [9.17, 15) is 14.4 Å². The van der Waals surface area contributed by atoms with E-state index in [0.717, 1.165) is 15.8 Å². The number of hydrogen-bond acceptors (Lipinski definition) is 6. The van der Waals surface area contributed by atoms with Gasteiger partial charge in [-0.25, -0.2) is 9.69 Å². The third-order valence-electron chi connectivity index (χ3n) is 4.66. The zero-order valence-electron chi connectivity index (χ0n) is 15.6. The van der Waals surface area contributed by atoms with Gasteiger partial charge in [-0.3, -0.25) is 9.59 Å². The number of fused-ring (bicyclic) bond motifs is 1. The molecule has 0 radical (unpaired) electrons. The molecular formula is C21H18N2O6. The second-order valence-electron chi connectivity index (χ2n) is 6.48. The number of ether oxygens (including phenoxy) is 2. The highest BCUT2D eigenvalue weighted by atomic mass is 16.6. The Morgan fingerprint density at radius 3 is 2.66 bits per heavy atom. The lowest BCUT2D eigenvalue weighted by atomic mass is 10.1. The minimum absolute atomic E-state index is 0.0447. The van der Waals surface area contributed by atoms with Crippen LogP contribution in [0.1, 0.15) is 22.2 Å². The van der Waals surface area contributed by atoms with E-state index in [1.165, 1.54) is 7.11 Å². The molecule has 2 aromatic carbocycles. The van der Waals surface area contributed by atoms with Crippen LogP contribution in [0, 0.1) is 0 Å². The number of benzene rings is 2. The van der Waals surface area contributed by atoms with Crippen LogP contribution in [0.2, 0.25) is 0 Å². The van der Waals surface area contributed by atoms with Gasteiger partial charge in [-0.15, -0.1) is 0 Å². The molecule has 4 rings (SSSR count). The number of para-hydroxylation sites is 1. The van der Waals surface area contributed by atoms with E-state index in [1.807, 2.05) is 24.3 Å². The van der Waals surface area contributed by atoms with E-state index >= 15 is 0 Å². The lowest BCUT2D eigenvalue weighted by Gasteiger charge is -2.22. The Balaban J connectivity index is 1.61. The van der Waals surface area contributed by atoms with Gasteiger partial charge < -0.3 is 19.2 Å². The fraction of sp³-hybridized carbons (Fsp3) is 0.190. The number of nitrogens with one attached hydrogen (secondary N) is 1. The van der Waals surface area contributed by atoms with Crippen LogP contribution in [0.25, 0.3) is 11.0 Å². The van der Waals surface area contributed by atoms with Gasteiger partial charge in [-0.05, 0) is 17.7 Å². The number of carbonyl (C=O) groups excluding carboxylic acids is 3. The van der Waals surface area contributed by atoms with Crippen LogP contribution >= 0.6 is 0 Å². The summed E-state index contributed by atoms with van der Waals surface area (Å²) < 4.78 is 15.7. The predicted molar refractivity (Wildman–Crippen MR) is 102 cm³/mol. The molecule has 1 aliphatic heterocycles. The molecule has 148 valence electrons. The monoisotopic (exact) mass is 394 g/mol. The topological polar surface area (TPSA) is 98.1 Å². The maximum atomic E-state index is 12.9. The fourth-order valence-corrected chi connectivity index (χ4v) is 3.20. The summed E-state index contributed by atoms with van der Waals surface area (Å²) in [7, 11) is 1.52. The summed E-state index contributed by atoms with van der Waals surface area (Å²) in [4.78, 5) is 37.6. The van der Waals surface area contributed by atoms with E-state index in [-0.39, 0.29) is 18.9 Å². The lowest BCUT2D eigenvalue weighted by Crippen LogP contribution is -2.40. The van der Waals surface area contributed by atoms with Gasteiger partial charge in [0.2, 0.25) is 0 Å². The van der Waals surface area contributed by atoms with E-state index in [4.69, 9.17) is 13.9 Å². The van der Waals surface area contributed by atoms with Gasteiger partial charge in [-0.1, -0.05) is 42.5 Å². The number of furan rings is 1. The van der Waals surface area contributed by atoms with Crippen LogP contribution in [-0.2, 0) is 9.53 Å². The third-order valence-corrected chi connectivity index (χ3v) is 4.66. The van der Waals surface area contributed by atoms with Crippen molar-refractivity contribution in [3.63, 3.8) is 0 Å². The van der Waals surface area contributed by atoms with Crippen molar-refractivity contribution in [1.29, 1.82) is 0 Å². The molecule has 0 saturated carbocycles. The summed E-state index contributed by atoms with van der Waals surface area (Å²) in [6, 6.07) is 15.4. The molecule has 1 saturated heterocycles. The van der Waals surface area contributed by atoms with E-state index < -0.39 is 23.9 Å². The van der Waals surface area contributed by atoms with Crippen LogP contribution in [0.3, 0.4) is 0 Å². The molecular weight excluding hydrogens is 376 g/mol. The first-order chi connectivity index (χ1) is 14.1. The Kier molecular flexibility index (Phi) is 4.90. The Morgan fingerprint density at radius 2 is 1.97 bits per heavy atom. The zero-order valence-corrected chi connectivity index (χ0v) is 15.6. The Labute approximate surface area is 166 Å². The third kappa shape index (κ3) is 3.64. The average molecular weight is 394 g/mol. The number of amides is 3. The maximum absolute atomic E-state index is 12.9. The highest BCUT2D eigenvalue weighted by Crippen LogP contribution is 2.29. The Bertz CT molecular complexity index is 1060. The first kappa shape index (κ1) is 18.5. The second-order valence-corrected chi connectivity index (χ2v) is 6.48. The maximum Gasteiger partial charge on any atom is 0.417 e. The summed E-state index contributed by atoms with van der Waals surface area (Å²) in [5, 5.41) is 3.57. The van der Waals surface area contributed by atoms with Crippen molar-refractivity contribution in [3.8, 4) is 5.75 Å². The molecule has 1 fully saturated rings. The van der Waals surface area contributed by atoms with Crippen molar-refractivity contribution in [2.24, 2.45) is 0 Å². The first-order valence-corrected chi connectivity index (χ1v) is 8.96. The lowest BCUT2D eigenvalue weighted by molar-refractivity contribution is -0.126. The molecule has 0 aliphatic carbocycles. The summed E-state index contributed by atoms with van der Waals surface area (Å²) >= 11 is 0. The summed E-state index contributed by atoms with van der Waals surface area (Å²) in [5.41, 5.74) is 1.21. The number of carbonyl (C=O) groups is 3. The Hall–Kier alpha value is -3.81. The summed E-state index contributed by atoms with van der Waals surface area (Å²) in [6.45, 7) is -0.339. The van der Waals surface area contributed by atoms with Gasteiger partial charge in [0, 0.05) is 5.39 Å². The van der Waals surface area contributed by atoms with Gasteiger partial charge >= 0.3 is 6.09 Å². The quantitative estimate of drug-likeness (QED) is 0.690. The molecule has 29 heavy (non-hydrogen) atoms. The zero-order chi connectivity index (χ0) is 20.4. The molecule has 0 spiro atoms. The van der Waals surface area contributed by atoms with Crippen molar-refractivity contribution in [2.45, 2.75) is 6.04 Å². The smallest absolute Gasteiger partial charge is 0.417 e. The van der Waals surface area contributed by atoms with Crippen molar-refractivity contribution in [1.82, 2.24) is 10.2 Å². The average Bonchev–Trinajstić information content (AvgIpc) is 3.32. The summed E-state index contributed by atoms with van der Waals surface area (Å²) in [5.74, 6) is -0.303. The number of hydrogen-bond donors (Lipinski definition) is 1. The van der Waals surface area contributed by atoms with Gasteiger partial charge in [0.05, 0.1) is 19.7 Å². The molecule has 0 bridgehead atoms. The number of methoxy groups -OCH3 is 1. The highest BCUT2D eigenvalue weighted by Gasteiger charge is 2.34. The van der Waals surface area contributed by atoms with Crippen molar-refractivity contribution in [2.75, 3.05) is 20.3 Å². The van der Waals surface area contributed by atoms with Crippen LogP contribution < -0.4 is 10.1 Å². The SMILES string of the molecule is COc1cccc2cc(C(=O)NC(CN3C(=O)COC3=O)c3ccccc3)oc12. The molecule has 1 atom stereocenters. The van der Waals surface area contributed by atoms with Crippen LogP contribution in [-0.4, -0.2) is 43.1 Å². The van der Waals surface area contributed by atoms with Gasteiger partial charge in [0.25, 0.3) is 11.8 Å².